The van der Waals surface area contributed by atoms with E-state index < -0.39 is 11.7 Å². The van der Waals surface area contributed by atoms with Crippen LogP contribution in [0, 0.1) is 5.82 Å². The van der Waals surface area contributed by atoms with Crippen molar-refractivity contribution in [3.05, 3.63) is 35.6 Å². The first-order chi connectivity index (χ1) is 11.1. The minimum atomic E-state index is -0.532. The maximum absolute atomic E-state index is 13.7. The fourth-order valence-corrected chi connectivity index (χ4v) is 3.66. The van der Waals surface area contributed by atoms with Crippen molar-refractivity contribution < 1.29 is 14.0 Å². The largest absolute Gasteiger partial charge is 0.347 e. The Balaban J connectivity index is 1.61. The summed E-state index contributed by atoms with van der Waals surface area (Å²) in [4.78, 5) is 26.4. The third-order valence-electron chi connectivity index (χ3n) is 4.88. The molecular weight excluding hydrogens is 295 g/mol. The van der Waals surface area contributed by atoms with E-state index >= 15 is 0 Å². The Hall–Kier alpha value is -1.91. The number of hydrogen-bond acceptors (Lipinski definition) is 2. The van der Waals surface area contributed by atoms with Gasteiger partial charge in [0.2, 0.25) is 5.91 Å². The molecule has 1 aliphatic heterocycles. The first-order valence-electron chi connectivity index (χ1n) is 8.50. The highest BCUT2D eigenvalue weighted by atomic mass is 19.1. The quantitative estimate of drug-likeness (QED) is 0.871. The molecule has 0 aromatic heterocycles. The Bertz CT molecular complexity index is 582. The van der Waals surface area contributed by atoms with Crippen molar-refractivity contribution in [2.24, 2.45) is 0 Å². The van der Waals surface area contributed by atoms with Crippen LogP contribution in [0.4, 0.5) is 4.39 Å². The molecule has 2 fully saturated rings. The van der Waals surface area contributed by atoms with Crippen LogP contribution in [0.15, 0.2) is 24.3 Å². The minimum absolute atomic E-state index is 0.0351. The van der Waals surface area contributed by atoms with E-state index in [0.717, 1.165) is 12.8 Å². The van der Waals surface area contributed by atoms with E-state index in [9.17, 15) is 14.0 Å². The van der Waals surface area contributed by atoms with Crippen LogP contribution < -0.4 is 5.32 Å². The molecular formula is C18H23FN2O2. The van der Waals surface area contributed by atoms with E-state index in [-0.39, 0.29) is 17.5 Å². The molecule has 3 rings (SSSR count). The SMILES string of the molecule is O=C(NC1CC(=O)N(C2CCCCCC2)C1)c1ccccc1F. The second kappa shape index (κ2) is 7.11. The van der Waals surface area contributed by atoms with Crippen LogP contribution >= 0.6 is 0 Å². The number of amides is 2. The van der Waals surface area contributed by atoms with Gasteiger partial charge in [0.25, 0.3) is 5.91 Å². The number of carbonyl (C=O) groups excluding carboxylic acids is 2. The van der Waals surface area contributed by atoms with Gasteiger partial charge in [-0.3, -0.25) is 9.59 Å². The molecule has 1 aliphatic carbocycles. The van der Waals surface area contributed by atoms with Crippen LogP contribution in [0.5, 0.6) is 0 Å². The molecule has 2 aliphatic rings. The predicted octanol–water partition coefficient (Wildman–Crippen LogP) is 2.88. The molecule has 1 unspecified atom stereocenters. The molecule has 1 heterocycles. The molecule has 1 atom stereocenters. The van der Waals surface area contributed by atoms with E-state index in [1.807, 2.05) is 4.90 Å². The fraction of sp³-hybridized carbons (Fsp3) is 0.556. The smallest absolute Gasteiger partial charge is 0.254 e. The van der Waals surface area contributed by atoms with Crippen molar-refractivity contribution in [1.82, 2.24) is 10.2 Å². The molecule has 124 valence electrons. The van der Waals surface area contributed by atoms with Gasteiger partial charge >= 0.3 is 0 Å². The lowest BCUT2D eigenvalue weighted by Crippen LogP contribution is -2.40. The molecule has 2 amide bonds. The van der Waals surface area contributed by atoms with Crippen molar-refractivity contribution in [3.63, 3.8) is 0 Å². The lowest BCUT2D eigenvalue weighted by molar-refractivity contribution is -0.129. The van der Waals surface area contributed by atoms with E-state index in [1.54, 1.807) is 12.1 Å². The highest BCUT2D eigenvalue weighted by Crippen LogP contribution is 2.26. The number of nitrogens with zero attached hydrogens (tertiary/aromatic N) is 1. The maximum atomic E-state index is 13.7. The van der Waals surface area contributed by atoms with E-state index in [1.165, 1.54) is 37.8 Å². The van der Waals surface area contributed by atoms with Crippen LogP contribution in [-0.4, -0.2) is 35.3 Å². The van der Waals surface area contributed by atoms with Gasteiger partial charge in [-0.1, -0.05) is 37.8 Å². The van der Waals surface area contributed by atoms with Crippen LogP contribution in [0.2, 0.25) is 0 Å². The lowest BCUT2D eigenvalue weighted by Gasteiger charge is -2.27. The van der Waals surface area contributed by atoms with Gasteiger partial charge in [-0.25, -0.2) is 4.39 Å². The second-order valence-electron chi connectivity index (χ2n) is 6.55. The normalized spacial score (nSPS) is 22.9. The Labute approximate surface area is 136 Å². The molecule has 1 N–H and O–H groups in total. The Morgan fingerprint density at radius 3 is 2.52 bits per heavy atom. The van der Waals surface area contributed by atoms with Crippen molar-refractivity contribution >= 4 is 11.8 Å². The highest BCUT2D eigenvalue weighted by Gasteiger charge is 2.35. The molecule has 1 saturated carbocycles. The van der Waals surface area contributed by atoms with Gasteiger partial charge in [0.1, 0.15) is 5.82 Å². The molecule has 4 nitrogen and oxygen atoms in total. The van der Waals surface area contributed by atoms with Crippen molar-refractivity contribution in [3.8, 4) is 0 Å². The Morgan fingerprint density at radius 1 is 1.13 bits per heavy atom. The minimum Gasteiger partial charge on any atom is -0.347 e. The maximum Gasteiger partial charge on any atom is 0.254 e. The van der Waals surface area contributed by atoms with E-state index in [4.69, 9.17) is 0 Å². The van der Waals surface area contributed by atoms with Crippen molar-refractivity contribution in [2.75, 3.05) is 6.54 Å². The molecule has 0 spiro atoms. The Morgan fingerprint density at radius 2 is 1.83 bits per heavy atom. The first-order valence-corrected chi connectivity index (χ1v) is 8.50. The summed E-state index contributed by atoms with van der Waals surface area (Å²) < 4.78 is 13.7. The Kier molecular flexibility index (Phi) is 4.94. The van der Waals surface area contributed by atoms with Crippen LogP contribution in [-0.2, 0) is 4.79 Å². The predicted molar refractivity (Wildman–Crippen MR) is 85.5 cm³/mol. The zero-order chi connectivity index (χ0) is 16.2. The lowest BCUT2D eigenvalue weighted by atomic mass is 10.1. The van der Waals surface area contributed by atoms with Gasteiger partial charge in [0, 0.05) is 19.0 Å². The van der Waals surface area contributed by atoms with Crippen molar-refractivity contribution in [2.45, 2.75) is 57.0 Å². The summed E-state index contributed by atoms with van der Waals surface area (Å²) in [5, 5.41) is 2.81. The summed E-state index contributed by atoms with van der Waals surface area (Å²) >= 11 is 0. The van der Waals surface area contributed by atoms with Gasteiger partial charge in [0.15, 0.2) is 0 Å². The van der Waals surface area contributed by atoms with E-state index in [2.05, 4.69) is 5.32 Å². The summed E-state index contributed by atoms with van der Waals surface area (Å²) in [6.07, 6.45) is 7.25. The molecule has 0 radical (unpaired) electrons. The number of halogens is 1. The van der Waals surface area contributed by atoms with Gasteiger partial charge in [-0.05, 0) is 25.0 Å². The topological polar surface area (TPSA) is 49.4 Å². The zero-order valence-electron chi connectivity index (χ0n) is 13.3. The van der Waals surface area contributed by atoms with Crippen LogP contribution in [0.25, 0.3) is 0 Å². The summed E-state index contributed by atoms with van der Waals surface area (Å²) in [6, 6.07) is 6.00. The second-order valence-corrected chi connectivity index (χ2v) is 6.55. The summed E-state index contributed by atoms with van der Waals surface area (Å²) in [7, 11) is 0. The summed E-state index contributed by atoms with van der Waals surface area (Å²) in [5.41, 5.74) is 0.0351. The van der Waals surface area contributed by atoms with Crippen LogP contribution in [0.1, 0.15) is 55.3 Å². The monoisotopic (exact) mass is 318 g/mol. The number of carbonyl (C=O) groups is 2. The average molecular weight is 318 g/mol. The molecule has 1 aromatic rings. The van der Waals surface area contributed by atoms with Gasteiger partial charge in [0.05, 0.1) is 11.6 Å². The molecule has 1 aromatic carbocycles. The molecule has 0 bridgehead atoms. The fourth-order valence-electron chi connectivity index (χ4n) is 3.66. The number of hydrogen-bond donors (Lipinski definition) is 1. The molecule has 1 saturated heterocycles. The third kappa shape index (κ3) is 3.71. The molecule has 23 heavy (non-hydrogen) atoms. The summed E-state index contributed by atoms with van der Waals surface area (Å²) in [6.45, 7) is 0.545. The molecule has 5 heteroatoms. The third-order valence-corrected chi connectivity index (χ3v) is 4.88. The summed E-state index contributed by atoms with van der Waals surface area (Å²) in [5.74, 6) is -0.866. The number of likely N-dealkylation sites (tertiary alicyclic amines) is 1. The average Bonchev–Trinajstić information content (AvgIpc) is 2.75. The number of nitrogens with one attached hydrogen (secondary N) is 1. The van der Waals surface area contributed by atoms with Crippen LogP contribution in [0.3, 0.4) is 0 Å². The zero-order valence-corrected chi connectivity index (χ0v) is 13.3. The van der Waals surface area contributed by atoms with Gasteiger partial charge in [-0.15, -0.1) is 0 Å². The van der Waals surface area contributed by atoms with Crippen molar-refractivity contribution in [1.29, 1.82) is 0 Å². The standard InChI is InChI=1S/C18H23FN2O2/c19-16-10-6-5-9-15(16)18(23)20-13-11-17(22)21(12-13)14-7-3-1-2-4-8-14/h5-6,9-10,13-14H,1-4,7-8,11-12H2,(H,20,23). The first kappa shape index (κ1) is 16.0. The number of benzene rings is 1. The van der Waals surface area contributed by atoms with Gasteiger partial charge < -0.3 is 10.2 Å². The van der Waals surface area contributed by atoms with E-state index in [0.29, 0.717) is 19.0 Å². The number of rotatable bonds is 3. The van der Waals surface area contributed by atoms with Gasteiger partial charge in [-0.2, -0.15) is 0 Å². The highest BCUT2D eigenvalue weighted by molar-refractivity contribution is 5.95.